The molecule has 2 aliphatic rings. The summed E-state index contributed by atoms with van der Waals surface area (Å²) in [6.45, 7) is 1.13. The van der Waals surface area contributed by atoms with Crippen LogP contribution in [-0.2, 0) is 4.79 Å². The van der Waals surface area contributed by atoms with Crippen molar-refractivity contribution >= 4 is 17.7 Å². The first-order valence-electron chi connectivity index (χ1n) is 6.95. The number of nitrogens with one attached hydrogen (secondary N) is 2. The molecule has 0 spiro atoms. The average Bonchev–Trinajstić information content (AvgIpc) is 2.39. The van der Waals surface area contributed by atoms with E-state index in [2.05, 4.69) is 10.6 Å². The first kappa shape index (κ1) is 13.2. The zero-order valence-electron chi connectivity index (χ0n) is 10.5. The van der Waals surface area contributed by atoms with Gasteiger partial charge in [0, 0.05) is 18.5 Å². The van der Waals surface area contributed by atoms with E-state index in [1.165, 1.54) is 30.8 Å². The molecule has 0 bridgehead atoms. The van der Waals surface area contributed by atoms with Gasteiger partial charge >= 0.3 is 0 Å². The summed E-state index contributed by atoms with van der Waals surface area (Å²) in [5.74, 6) is 2.67. The predicted octanol–water partition coefficient (Wildman–Crippen LogP) is 1.92. The largest absolute Gasteiger partial charge is 0.353 e. The minimum Gasteiger partial charge on any atom is -0.353 e. The van der Waals surface area contributed by atoms with Crippen molar-refractivity contribution in [2.75, 3.05) is 18.1 Å². The lowest BCUT2D eigenvalue weighted by atomic mass is 10.0. The number of piperidine rings is 1. The Morgan fingerprint density at radius 1 is 1.24 bits per heavy atom. The van der Waals surface area contributed by atoms with Crippen LogP contribution in [0.15, 0.2) is 0 Å². The molecule has 1 atom stereocenters. The van der Waals surface area contributed by atoms with Crippen molar-refractivity contribution in [3.8, 4) is 0 Å². The zero-order valence-corrected chi connectivity index (χ0v) is 11.4. The molecule has 2 fully saturated rings. The van der Waals surface area contributed by atoms with Crippen molar-refractivity contribution in [1.82, 2.24) is 10.6 Å². The molecule has 0 radical (unpaired) electrons. The monoisotopic (exact) mass is 256 g/mol. The summed E-state index contributed by atoms with van der Waals surface area (Å²) >= 11 is 2.00. The molecule has 1 amide bonds. The molecule has 3 nitrogen and oxygen atoms in total. The van der Waals surface area contributed by atoms with Crippen LogP contribution >= 0.6 is 11.8 Å². The third-order valence-corrected chi connectivity index (χ3v) is 4.77. The Hall–Kier alpha value is -0.220. The maximum atomic E-state index is 11.8. The summed E-state index contributed by atoms with van der Waals surface area (Å²) in [4.78, 5) is 11.8. The second-order valence-electron chi connectivity index (χ2n) is 5.14. The molecule has 0 saturated carbocycles. The average molecular weight is 256 g/mol. The van der Waals surface area contributed by atoms with Gasteiger partial charge in [0.1, 0.15) is 0 Å². The van der Waals surface area contributed by atoms with Gasteiger partial charge in [-0.05, 0) is 50.2 Å². The van der Waals surface area contributed by atoms with Crippen molar-refractivity contribution in [3.05, 3.63) is 0 Å². The SMILES string of the molecule is O=C(CCC1CCCCN1)NC1CCSCC1. The lowest BCUT2D eigenvalue weighted by Crippen LogP contribution is -2.39. The smallest absolute Gasteiger partial charge is 0.220 e. The van der Waals surface area contributed by atoms with E-state index < -0.39 is 0 Å². The van der Waals surface area contributed by atoms with Crippen LogP contribution in [0.5, 0.6) is 0 Å². The quantitative estimate of drug-likeness (QED) is 0.807. The van der Waals surface area contributed by atoms with Gasteiger partial charge in [-0.3, -0.25) is 4.79 Å². The standard InChI is InChI=1S/C13H24N2OS/c16-13(15-12-6-9-17-10-7-12)5-4-11-3-1-2-8-14-11/h11-12,14H,1-10H2,(H,15,16). The molecule has 17 heavy (non-hydrogen) atoms. The van der Waals surface area contributed by atoms with Crippen LogP contribution in [0.2, 0.25) is 0 Å². The van der Waals surface area contributed by atoms with Gasteiger partial charge in [0.2, 0.25) is 5.91 Å². The van der Waals surface area contributed by atoms with Crippen LogP contribution in [0.3, 0.4) is 0 Å². The van der Waals surface area contributed by atoms with Crippen molar-refractivity contribution in [1.29, 1.82) is 0 Å². The number of carbonyl (C=O) groups excluding carboxylic acids is 1. The van der Waals surface area contributed by atoms with Crippen molar-refractivity contribution in [2.45, 2.75) is 57.0 Å². The first-order chi connectivity index (χ1) is 8.34. The molecule has 0 aromatic heterocycles. The van der Waals surface area contributed by atoms with Crippen molar-refractivity contribution in [3.63, 3.8) is 0 Å². The number of thioether (sulfide) groups is 1. The summed E-state index contributed by atoms with van der Waals surface area (Å²) in [6, 6.07) is 1.03. The van der Waals surface area contributed by atoms with E-state index in [-0.39, 0.29) is 5.91 Å². The van der Waals surface area contributed by atoms with Crippen molar-refractivity contribution < 1.29 is 4.79 Å². The molecular weight excluding hydrogens is 232 g/mol. The highest BCUT2D eigenvalue weighted by Crippen LogP contribution is 2.17. The Balaban J connectivity index is 1.59. The number of hydrogen-bond donors (Lipinski definition) is 2. The predicted molar refractivity (Wildman–Crippen MR) is 73.4 cm³/mol. The summed E-state index contributed by atoms with van der Waals surface area (Å²) in [5, 5.41) is 6.67. The molecule has 98 valence electrons. The van der Waals surface area contributed by atoms with E-state index in [9.17, 15) is 4.79 Å². The van der Waals surface area contributed by atoms with E-state index in [0.29, 0.717) is 18.5 Å². The van der Waals surface area contributed by atoms with Crippen LogP contribution in [0.4, 0.5) is 0 Å². The number of rotatable bonds is 4. The highest BCUT2D eigenvalue weighted by molar-refractivity contribution is 7.99. The third-order valence-electron chi connectivity index (χ3n) is 3.72. The summed E-state index contributed by atoms with van der Waals surface area (Å²) < 4.78 is 0. The lowest BCUT2D eigenvalue weighted by molar-refractivity contribution is -0.122. The highest BCUT2D eigenvalue weighted by Gasteiger charge is 2.17. The Morgan fingerprint density at radius 2 is 2.06 bits per heavy atom. The van der Waals surface area contributed by atoms with E-state index in [1.54, 1.807) is 0 Å². The molecular formula is C13H24N2OS. The van der Waals surface area contributed by atoms with Gasteiger partial charge in [-0.15, -0.1) is 0 Å². The maximum Gasteiger partial charge on any atom is 0.220 e. The van der Waals surface area contributed by atoms with Crippen LogP contribution in [0.25, 0.3) is 0 Å². The van der Waals surface area contributed by atoms with Gasteiger partial charge in [-0.2, -0.15) is 11.8 Å². The molecule has 2 heterocycles. The van der Waals surface area contributed by atoms with Gasteiger partial charge in [0.05, 0.1) is 0 Å². The summed E-state index contributed by atoms with van der Waals surface area (Å²) in [5.41, 5.74) is 0. The fraction of sp³-hybridized carbons (Fsp3) is 0.923. The van der Waals surface area contributed by atoms with Gasteiger partial charge < -0.3 is 10.6 Å². The fourth-order valence-corrected chi connectivity index (χ4v) is 3.72. The molecule has 2 saturated heterocycles. The van der Waals surface area contributed by atoms with E-state index in [4.69, 9.17) is 0 Å². The van der Waals surface area contributed by atoms with Crippen LogP contribution in [0, 0.1) is 0 Å². The fourth-order valence-electron chi connectivity index (χ4n) is 2.62. The molecule has 2 rings (SSSR count). The van der Waals surface area contributed by atoms with Gasteiger partial charge in [0.15, 0.2) is 0 Å². The summed E-state index contributed by atoms with van der Waals surface area (Å²) in [6.07, 6.45) is 7.86. The molecule has 0 aliphatic carbocycles. The minimum atomic E-state index is 0.259. The molecule has 0 aromatic rings. The maximum absolute atomic E-state index is 11.8. The molecule has 4 heteroatoms. The van der Waals surface area contributed by atoms with Crippen LogP contribution in [-0.4, -0.2) is 36.0 Å². The van der Waals surface area contributed by atoms with Crippen molar-refractivity contribution in [2.24, 2.45) is 0 Å². The summed E-state index contributed by atoms with van der Waals surface area (Å²) in [7, 11) is 0. The second-order valence-corrected chi connectivity index (χ2v) is 6.36. The normalized spacial score (nSPS) is 26.7. The van der Waals surface area contributed by atoms with Gasteiger partial charge in [-0.25, -0.2) is 0 Å². The molecule has 2 aliphatic heterocycles. The van der Waals surface area contributed by atoms with Crippen LogP contribution < -0.4 is 10.6 Å². The Kier molecular flexibility index (Phi) is 5.65. The zero-order chi connectivity index (χ0) is 11.9. The molecule has 1 unspecified atom stereocenters. The number of carbonyl (C=O) groups is 1. The van der Waals surface area contributed by atoms with E-state index in [1.807, 2.05) is 11.8 Å². The van der Waals surface area contributed by atoms with E-state index >= 15 is 0 Å². The Bertz CT molecular complexity index is 236. The minimum absolute atomic E-state index is 0.259. The Morgan fingerprint density at radius 3 is 2.76 bits per heavy atom. The highest BCUT2D eigenvalue weighted by atomic mass is 32.2. The molecule has 2 N–H and O–H groups in total. The van der Waals surface area contributed by atoms with Gasteiger partial charge in [0.25, 0.3) is 0 Å². The van der Waals surface area contributed by atoms with E-state index in [0.717, 1.165) is 25.8 Å². The molecule has 0 aromatic carbocycles. The van der Waals surface area contributed by atoms with Crippen LogP contribution in [0.1, 0.15) is 44.9 Å². The Labute approximate surface area is 108 Å². The van der Waals surface area contributed by atoms with Gasteiger partial charge in [-0.1, -0.05) is 6.42 Å². The number of amides is 1. The third kappa shape index (κ3) is 4.88. The topological polar surface area (TPSA) is 41.1 Å². The lowest BCUT2D eigenvalue weighted by Gasteiger charge is -2.25. The first-order valence-corrected chi connectivity index (χ1v) is 8.10. The number of hydrogen-bond acceptors (Lipinski definition) is 3. The second kappa shape index (κ2) is 7.27.